The molecule has 0 spiro atoms. The van der Waals surface area contributed by atoms with Gasteiger partial charge in [0.1, 0.15) is 18.1 Å². The number of ether oxygens (including phenoxy) is 1. The number of halogens is 4. The number of rotatable bonds is 8. The van der Waals surface area contributed by atoms with Gasteiger partial charge in [0.2, 0.25) is 11.8 Å². The van der Waals surface area contributed by atoms with Gasteiger partial charge in [-0.05, 0) is 51.2 Å². The van der Waals surface area contributed by atoms with Crippen molar-refractivity contribution < 1.29 is 32.3 Å². The zero-order valence-corrected chi connectivity index (χ0v) is 26.1. The van der Waals surface area contributed by atoms with Crippen molar-refractivity contribution >= 4 is 40.1 Å². The molecule has 13 heteroatoms. The second-order valence-corrected chi connectivity index (χ2v) is 14.0. The highest BCUT2D eigenvalue weighted by atomic mass is 35.5. The van der Waals surface area contributed by atoms with Crippen LogP contribution in [0.25, 0.3) is 10.8 Å². The molecule has 2 unspecified atom stereocenters. The number of carbonyl (C=O) groups excluding carboxylic acids is 3. The van der Waals surface area contributed by atoms with E-state index < -0.39 is 59.1 Å². The second-order valence-electron chi connectivity index (χ2n) is 13.6. The minimum absolute atomic E-state index is 0.0826. The number of nitrogens with zero attached hydrogens (tertiary/aromatic N) is 3. The second kappa shape index (κ2) is 10.3. The molecule has 236 valence electrons. The van der Waals surface area contributed by atoms with E-state index in [1.165, 1.54) is 11.8 Å². The maximum Gasteiger partial charge on any atom is 0.471 e. The highest BCUT2D eigenvalue weighted by Gasteiger charge is 3.02. The van der Waals surface area contributed by atoms with Crippen molar-refractivity contribution in [3.63, 3.8) is 0 Å². The van der Waals surface area contributed by atoms with Crippen molar-refractivity contribution in [3.8, 4) is 6.07 Å². The fourth-order valence-corrected chi connectivity index (χ4v) is 8.00. The van der Waals surface area contributed by atoms with Gasteiger partial charge in [0.25, 0.3) is 0 Å². The molecule has 1 aliphatic heterocycles. The molecule has 2 aliphatic carbocycles. The summed E-state index contributed by atoms with van der Waals surface area (Å²) in [6, 6.07) is 3.66. The molecule has 1 aromatic heterocycles. The van der Waals surface area contributed by atoms with Crippen molar-refractivity contribution in [2.75, 3.05) is 6.54 Å². The Labute approximate surface area is 258 Å². The quantitative estimate of drug-likeness (QED) is 0.446. The predicted molar refractivity (Wildman–Crippen MR) is 155 cm³/mol. The molecule has 5 rings (SSSR count). The third kappa shape index (κ3) is 4.88. The van der Waals surface area contributed by atoms with Crippen LogP contribution in [0.2, 0.25) is 5.02 Å². The van der Waals surface area contributed by atoms with Crippen molar-refractivity contribution in [1.29, 1.82) is 5.26 Å². The van der Waals surface area contributed by atoms with Crippen LogP contribution in [-0.4, -0.2) is 70.2 Å². The molecule has 1 saturated heterocycles. The van der Waals surface area contributed by atoms with Gasteiger partial charge in [0.05, 0.1) is 17.8 Å². The lowest BCUT2D eigenvalue weighted by atomic mass is 9.80. The smallest absolute Gasteiger partial charge is 0.370 e. The number of fused-ring (bicyclic) bond motifs is 1. The third-order valence-electron chi connectivity index (χ3n) is 9.84. The summed E-state index contributed by atoms with van der Waals surface area (Å²) in [4.78, 5) is 45.5. The molecule has 2 aromatic rings. The average molecular weight is 634 g/mol. The minimum Gasteiger partial charge on any atom is -0.370 e. The molecule has 1 aromatic carbocycles. The Morgan fingerprint density at radius 2 is 1.89 bits per heavy atom. The number of hydrogen-bond acceptors (Lipinski definition) is 6. The van der Waals surface area contributed by atoms with Gasteiger partial charge in [-0.25, -0.2) is 0 Å². The van der Waals surface area contributed by atoms with E-state index in [4.69, 9.17) is 16.3 Å². The number of likely N-dealkylation sites (tertiary alicyclic amines) is 1. The van der Waals surface area contributed by atoms with Gasteiger partial charge in [0.15, 0.2) is 0 Å². The van der Waals surface area contributed by atoms with Crippen molar-refractivity contribution in [3.05, 3.63) is 41.2 Å². The van der Waals surface area contributed by atoms with Crippen LogP contribution in [0.3, 0.4) is 0 Å². The topological polar surface area (TPSA) is 124 Å². The monoisotopic (exact) mass is 633 g/mol. The summed E-state index contributed by atoms with van der Waals surface area (Å²) in [5.41, 5.74) is -1.46. The van der Waals surface area contributed by atoms with Crippen LogP contribution in [0, 0.1) is 27.6 Å². The number of nitriles is 1. The Hall–Kier alpha value is -3.43. The highest BCUT2D eigenvalue weighted by molar-refractivity contribution is 6.35. The van der Waals surface area contributed by atoms with Gasteiger partial charge in [-0.2, -0.15) is 18.4 Å². The molecule has 2 N–H and O–H groups in total. The van der Waals surface area contributed by atoms with Crippen molar-refractivity contribution in [2.24, 2.45) is 16.2 Å². The van der Waals surface area contributed by atoms with Crippen LogP contribution in [0.15, 0.2) is 30.6 Å². The number of amides is 3. The lowest BCUT2D eigenvalue weighted by Crippen LogP contribution is -2.63. The first-order valence-electron chi connectivity index (χ1n) is 14.4. The number of nitrogens with one attached hydrogen (secondary N) is 2. The van der Waals surface area contributed by atoms with Gasteiger partial charge in [0, 0.05) is 52.0 Å². The minimum atomic E-state index is -5.23. The molecule has 2 heterocycles. The standard InChI is InChI=1S/C31H35ClF3N5O4/c1-16(44-27(2,3)4)22(39-26(43)31(33,34)35)25(42)40-15-29-14-30(29,28(29,5)6)23(40)24(41)38-19(11-36)10-18-13-37-12-17-8-7-9-20(32)21(17)18/h7-9,12-13,16,19,22-23H,10,14-15H2,1-6H3,(H,38,41)(H,39,43)/t16-,19?,22+,23-,29-,30?/m1/s1. The summed E-state index contributed by atoms with van der Waals surface area (Å²) in [7, 11) is 0. The first-order valence-corrected chi connectivity index (χ1v) is 14.8. The highest BCUT2D eigenvalue weighted by Crippen LogP contribution is 3.00. The van der Waals surface area contributed by atoms with Crippen LogP contribution in [0.5, 0.6) is 0 Å². The fraction of sp³-hybridized carbons (Fsp3) is 0.581. The van der Waals surface area contributed by atoms with Gasteiger partial charge < -0.3 is 20.3 Å². The van der Waals surface area contributed by atoms with E-state index in [-0.39, 0.29) is 23.8 Å². The van der Waals surface area contributed by atoms with E-state index in [2.05, 4.69) is 16.4 Å². The first kappa shape index (κ1) is 32.0. The normalized spacial score (nSPS) is 26.9. The van der Waals surface area contributed by atoms with E-state index in [1.807, 2.05) is 25.2 Å². The number of benzene rings is 1. The predicted octanol–water partition coefficient (Wildman–Crippen LogP) is 4.32. The molecule has 9 nitrogen and oxygen atoms in total. The van der Waals surface area contributed by atoms with Gasteiger partial charge in [-0.1, -0.05) is 37.6 Å². The summed E-state index contributed by atoms with van der Waals surface area (Å²) in [5.74, 6) is -3.71. The number of carbonyl (C=O) groups is 3. The maximum absolute atomic E-state index is 14.0. The van der Waals surface area contributed by atoms with Gasteiger partial charge >= 0.3 is 12.1 Å². The SMILES string of the molecule is C[C@@H](OC(C)(C)C)[C@H](NC(=O)C(F)(F)F)C(=O)N1C[C@@]23CC2([C@H]1C(=O)NC(C#N)Cc1cncc2cccc(Cl)c12)C3(C)C. The van der Waals surface area contributed by atoms with Gasteiger partial charge in [-0.3, -0.25) is 19.4 Å². The first-order chi connectivity index (χ1) is 20.3. The molecular formula is C31H35ClF3N5O4. The number of pyridine rings is 1. The molecular weight excluding hydrogens is 599 g/mol. The van der Waals surface area contributed by atoms with E-state index in [1.54, 1.807) is 45.3 Å². The summed E-state index contributed by atoms with van der Waals surface area (Å²) in [6.45, 7) is 10.6. The summed E-state index contributed by atoms with van der Waals surface area (Å²) >= 11 is 6.44. The third-order valence-corrected chi connectivity index (χ3v) is 10.2. The zero-order valence-electron chi connectivity index (χ0n) is 25.3. The van der Waals surface area contributed by atoms with Crippen LogP contribution < -0.4 is 10.6 Å². The summed E-state index contributed by atoms with van der Waals surface area (Å²) < 4.78 is 45.7. The van der Waals surface area contributed by atoms with E-state index in [0.717, 1.165) is 5.39 Å². The number of piperidine rings is 2. The van der Waals surface area contributed by atoms with E-state index >= 15 is 0 Å². The zero-order chi connectivity index (χ0) is 32.6. The van der Waals surface area contributed by atoms with Crippen LogP contribution in [0.1, 0.15) is 53.5 Å². The molecule has 6 atom stereocenters. The lowest BCUT2D eigenvalue weighted by Gasteiger charge is -2.42. The van der Waals surface area contributed by atoms with Crippen LogP contribution >= 0.6 is 11.6 Å². The number of hydrogen-bond donors (Lipinski definition) is 2. The molecule has 3 aliphatic rings. The van der Waals surface area contributed by atoms with Crippen molar-refractivity contribution in [2.45, 2.75) is 90.4 Å². The van der Waals surface area contributed by atoms with E-state index in [0.29, 0.717) is 22.4 Å². The molecule has 0 bridgehead atoms. The Balaban J connectivity index is 1.43. The Morgan fingerprint density at radius 3 is 2.48 bits per heavy atom. The summed E-state index contributed by atoms with van der Waals surface area (Å²) in [5, 5.41) is 16.6. The van der Waals surface area contributed by atoms with Crippen LogP contribution in [0.4, 0.5) is 13.2 Å². The fourth-order valence-electron chi connectivity index (χ4n) is 7.70. The number of alkyl halides is 3. The van der Waals surface area contributed by atoms with E-state index in [9.17, 15) is 32.8 Å². The molecule has 0 radical (unpaired) electrons. The Morgan fingerprint density at radius 1 is 1.20 bits per heavy atom. The van der Waals surface area contributed by atoms with Gasteiger partial charge in [-0.15, -0.1) is 0 Å². The maximum atomic E-state index is 14.0. The Kier molecular flexibility index (Phi) is 7.49. The lowest BCUT2D eigenvalue weighted by molar-refractivity contribution is -0.178. The largest absolute Gasteiger partial charge is 0.471 e. The molecule has 3 amide bonds. The number of aromatic nitrogens is 1. The molecule has 3 fully saturated rings. The summed E-state index contributed by atoms with van der Waals surface area (Å²) in [6.07, 6.45) is -2.40. The average Bonchev–Trinajstić information content (AvgIpc) is 3.64. The van der Waals surface area contributed by atoms with Crippen molar-refractivity contribution in [1.82, 2.24) is 20.5 Å². The molecule has 44 heavy (non-hydrogen) atoms. The van der Waals surface area contributed by atoms with Crippen LogP contribution in [-0.2, 0) is 25.5 Å². The Bertz CT molecular complexity index is 1580. The molecule has 2 saturated carbocycles.